The minimum absolute atomic E-state index is 0.585. The van der Waals surface area contributed by atoms with Gasteiger partial charge in [-0.1, -0.05) is 0 Å². The van der Waals surface area contributed by atoms with E-state index in [0.717, 1.165) is 16.1 Å². The average molecular weight is 358 g/mol. The molecule has 5 heteroatoms. The molecule has 2 aliphatic rings. The van der Waals surface area contributed by atoms with Crippen LogP contribution in [0.3, 0.4) is 0 Å². The van der Waals surface area contributed by atoms with Crippen LogP contribution in [0.1, 0.15) is 32.1 Å². The van der Waals surface area contributed by atoms with Gasteiger partial charge in [-0.05, 0) is 61.2 Å². The maximum atomic E-state index is 4.50. The standard InChI is InChI=1S/C13H19IN4/c14-10-8-16-13(17-9-10)18-7-2-1-5-12(18)11-4-3-6-15-11/h8-9,11-12,15H,1-7H2. The lowest BCUT2D eigenvalue weighted by Crippen LogP contribution is -2.51. The Balaban J connectivity index is 1.80. The zero-order chi connectivity index (χ0) is 12.4. The number of nitrogens with one attached hydrogen (secondary N) is 1. The summed E-state index contributed by atoms with van der Waals surface area (Å²) in [6.45, 7) is 2.27. The van der Waals surface area contributed by atoms with Gasteiger partial charge in [0.2, 0.25) is 5.95 Å². The van der Waals surface area contributed by atoms with Gasteiger partial charge in [0.15, 0.2) is 0 Å². The van der Waals surface area contributed by atoms with E-state index >= 15 is 0 Å². The smallest absolute Gasteiger partial charge is 0.225 e. The van der Waals surface area contributed by atoms with Crippen molar-refractivity contribution in [3.05, 3.63) is 16.0 Å². The predicted octanol–water partition coefficient (Wildman–Crippen LogP) is 2.19. The van der Waals surface area contributed by atoms with Crippen molar-refractivity contribution >= 4 is 28.5 Å². The third kappa shape index (κ3) is 2.61. The van der Waals surface area contributed by atoms with Crippen LogP contribution in [0.2, 0.25) is 0 Å². The number of hydrogen-bond donors (Lipinski definition) is 1. The minimum Gasteiger partial charge on any atom is -0.336 e. The van der Waals surface area contributed by atoms with E-state index in [1.54, 1.807) is 0 Å². The first-order valence-electron chi connectivity index (χ1n) is 6.82. The molecule has 2 fully saturated rings. The fraction of sp³-hybridized carbons (Fsp3) is 0.692. The Morgan fingerprint density at radius 1 is 1.17 bits per heavy atom. The van der Waals surface area contributed by atoms with Gasteiger partial charge in [0.25, 0.3) is 0 Å². The van der Waals surface area contributed by atoms with Crippen molar-refractivity contribution < 1.29 is 0 Å². The number of piperidine rings is 1. The number of anilines is 1. The van der Waals surface area contributed by atoms with Gasteiger partial charge in [-0.25, -0.2) is 9.97 Å². The van der Waals surface area contributed by atoms with E-state index in [1.807, 2.05) is 12.4 Å². The van der Waals surface area contributed by atoms with Gasteiger partial charge < -0.3 is 10.2 Å². The summed E-state index contributed by atoms with van der Waals surface area (Å²) in [6.07, 6.45) is 10.3. The van der Waals surface area contributed by atoms with Crippen molar-refractivity contribution in [2.45, 2.75) is 44.2 Å². The van der Waals surface area contributed by atoms with E-state index in [9.17, 15) is 0 Å². The third-order valence-electron chi connectivity index (χ3n) is 3.98. The van der Waals surface area contributed by atoms with Gasteiger partial charge >= 0.3 is 0 Å². The first kappa shape index (κ1) is 12.6. The lowest BCUT2D eigenvalue weighted by molar-refractivity contribution is 0.373. The number of nitrogens with zero attached hydrogens (tertiary/aromatic N) is 3. The van der Waals surface area contributed by atoms with Gasteiger partial charge in [-0.15, -0.1) is 0 Å². The van der Waals surface area contributed by atoms with Crippen LogP contribution in [0, 0.1) is 3.57 Å². The number of rotatable bonds is 2. The molecule has 2 aliphatic heterocycles. The summed E-state index contributed by atoms with van der Waals surface area (Å²) >= 11 is 2.25. The summed E-state index contributed by atoms with van der Waals surface area (Å²) < 4.78 is 1.10. The lowest BCUT2D eigenvalue weighted by atomic mass is 9.95. The van der Waals surface area contributed by atoms with Crippen LogP contribution in [0.15, 0.2) is 12.4 Å². The Morgan fingerprint density at radius 2 is 2.00 bits per heavy atom. The largest absolute Gasteiger partial charge is 0.336 e. The molecule has 0 radical (unpaired) electrons. The van der Waals surface area contributed by atoms with Crippen LogP contribution in [0.4, 0.5) is 5.95 Å². The van der Waals surface area contributed by atoms with E-state index in [0.29, 0.717) is 12.1 Å². The second-order valence-electron chi connectivity index (χ2n) is 5.16. The van der Waals surface area contributed by atoms with Crippen molar-refractivity contribution in [3.63, 3.8) is 0 Å². The van der Waals surface area contributed by atoms with Crippen molar-refractivity contribution in [2.75, 3.05) is 18.0 Å². The fourth-order valence-electron chi connectivity index (χ4n) is 3.12. The quantitative estimate of drug-likeness (QED) is 0.823. The van der Waals surface area contributed by atoms with Crippen LogP contribution >= 0.6 is 22.6 Å². The Labute approximate surface area is 122 Å². The van der Waals surface area contributed by atoms with E-state index in [-0.39, 0.29) is 0 Å². The van der Waals surface area contributed by atoms with Gasteiger partial charge in [0.1, 0.15) is 0 Å². The molecule has 0 spiro atoms. The summed E-state index contributed by atoms with van der Waals surface area (Å²) in [5, 5.41) is 3.64. The molecular weight excluding hydrogens is 339 g/mol. The monoisotopic (exact) mass is 358 g/mol. The first-order chi connectivity index (χ1) is 8.84. The SMILES string of the molecule is Ic1cnc(N2CCCCC2C2CCCN2)nc1. The van der Waals surface area contributed by atoms with E-state index in [4.69, 9.17) is 0 Å². The lowest BCUT2D eigenvalue weighted by Gasteiger charge is -2.39. The van der Waals surface area contributed by atoms with Crippen LogP contribution in [0.5, 0.6) is 0 Å². The van der Waals surface area contributed by atoms with Crippen molar-refractivity contribution in [3.8, 4) is 0 Å². The van der Waals surface area contributed by atoms with Gasteiger partial charge in [-0.2, -0.15) is 0 Å². The molecule has 0 amide bonds. The van der Waals surface area contributed by atoms with Gasteiger partial charge in [-0.3, -0.25) is 0 Å². The topological polar surface area (TPSA) is 41.1 Å². The van der Waals surface area contributed by atoms with Crippen LogP contribution in [-0.2, 0) is 0 Å². The van der Waals surface area contributed by atoms with Crippen LogP contribution in [-0.4, -0.2) is 35.1 Å². The molecule has 0 saturated carbocycles. The third-order valence-corrected chi connectivity index (χ3v) is 4.53. The van der Waals surface area contributed by atoms with Crippen molar-refractivity contribution in [1.82, 2.24) is 15.3 Å². The maximum absolute atomic E-state index is 4.50. The van der Waals surface area contributed by atoms with Crippen LogP contribution < -0.4 is 10.2 Å². The zero-order valence-electron chi connectivity index (χ0n) is 10.5. The van der Waals surface area contributed by atoms with E-state index < -0.39 is 0 Å². The number of aromatic nitrogens is 2. The Bertz CT molecular complexity index is 388. The molecule has 98 valence electrons. The van der Waals surface area contributed by atoms with Gasteiger partial charge in [0.05, 0.1) is 0 Å². The molecule has 2 saturated heterocycles. The molecule has 2 unspecified atom stereocenters. The molecule has 1 aromatic heterocycles. The Hall–Kier alpha value is -0.430. The summed E-state index contributed by atoms with van der Waals surface area (Å²) in [5.74, 6) is 0.911. The average Bonchev–Trinajstić information content (AvgIpc) is 2.93. The molecule has 0 aliphatic carbocycles. The molecule has 3 rings (SSSR count). The minimum atomic E-state index is 0.585. The maximum Gasteiger partial charge on any atom is 0.225 e. The molecular formula is C13H19IN4. The zero-order valence-corrected chi connectivity index (χ0v) is 12.6. The summed E-state index contributed by atoms with van der Waals surface area (Å²) in [4.78, 5) is 11.4. The molecule has 0 aromatic carbocycles. The fourth-order valence-corrected chi connectivity index (χ4v) is 3.40. The highest BCUT2D eigenvalue weighted by Crippen LogP contribution is 2.27. The molecule has 1 N–H and O–H groups in total. The van der Waals surface area contributed by atoms with Gasteiger partial charge in [0, 0.05) is 34.6 Å². The molecule has 3 heterocycles. The van der Waals surface area contributed by atoms with Crippen molar-refractivity contribution in [1.29, 1.82) is 0 Å². The molecule has 1 aromatic rings. The molecule has 2 atom stereocenters. The molecule has 18 heavy (non-hydrogen) atoms. The molecule has 0 bridgehead atoms. The summed E-state index contributed by atoms with van der Waals surface area (Å²) in [5.41, 5.74) is 0. The summed E-state index contributed by atoms with van der Waals surface area (Å²) in [6, 6.07) is 1.22. The predicted molar refractivity (Wildman–Crippen MR) is 80.8 cm³/mol. The first-order valence-corrected chi connectivity index (χ1v) is 7.90. The van der Waals surface area contributed by atoms with E-state index in [2.05, 4.69) is 42.8 Å². The highest BCUT2D eigenvalue weighted by molar-refractivity contribution is 14.1. The van der Waals surface area contributed by atoms with E-state index in [1.165, 1.54) is 38.6 Å². The highest BCUT2D eigenvalue weighted by Gasteiger charge is 2.32. The molecule has 4 nitrogen and oxygen atoms in total. The number of halogens is 1. The number of hydrogen-bond acceptors (Lipinski definition) is 4. The normalized spacial score (nSPS) is 28.6. The second kappa shape index (κ2) is 5.69. The summed E-state index contributed by atoms with van der Waals surface area (Å²) in [7, 11) is 0. The Morgan fingerprint density at radius 3 is 2.72 bits per heavy atom. The Kier molecular flexibility index (Phi) is 3.98. The second-order valence-corrected chi connectivity index (χ2v) is 6.41. The van der Waals surface area contributed by atoms with Crippen molar-refractivity contribution in [2.24, 2.45) is 0 Å². The van der Waals surface area contributed by atoms with Crippen LogP contribution in [0.25, 0.3) is 0 Å². The highest BCUT2D eigenvalue weighted by atomic mass is 127.